The highest BCUT2D eigenvalue weighted by Gasteiger charge is 2.46. The van der Waals surface area contributed by atoms with Gasteiger partial charge in [0.1, 0.15) is 0 Å². The lowest BCUT2D eigenvalue weighted by molar-refractivity contribution is -0.189. The zero-order chi connectivity index (χ0) is 9.31. The Balaban J connectivity index is 2.06. The minimum absolute atomic E-state index is 0.0666. The fourth-order valence-electron chi connectivity index (χ4n) is 2.21. The molecule has 0 aromatic carbocycles. The van der Waals surface area contributed by atoms with Crippen molar-refractivity contribution in [2.24, 2.45) is 0 Å². The fraction of sp³-hybridized carbons (Fsp3) is 0.900. The summed E-state index contributed by atoms with van der Waals surface area (Å²) in [6.07, 6.45) is 5.06. The van der Waals surface area contributed by atoms with Crippen LogP contribution in [-0.2, 0) is 9.47 Å². The normalized spacial score (nSPS) is 37.5. The minimum atomic E-state index is -0.405. The van der Waals surface area contributed by atoms with Gasteiger partial charge in [0.05, 0.1) is 12.2 Å². The first kappa shape index (κ1) is 8.98. The molecule has 1 aliphatic heterocycles. The standard InChI is InChI=1S/C10H15NO2/c1-8-9(7-11)13-10(12-8)5-3-2-4-6-10/h8-9H,2-6H2,1H3/t8-,9-/m0/s1. The molecule has 1 heterocycles. The Kier molecular flexibility index (Phi) is 2.27. The average molecular weight is 181 g/mol. The number of hydrogen-bond donors (Lipinski definition) is 0. The number of hydrogen-bond acceptors (Lipinski definition) is 3. The summed E-state index contributed by atoms with van der Waals surface area (Å²) < 4.78 is 11.4. The maximum Gasteiger partial charge on any atom is 0.173 e. The summed E-state index contributed by atoms with van der Waals surface area (Å²) >= 11 is 0. The third-order valence-electron chi connectivity index (χ3n) is 2.91. The van der Waals surface area contributed by atoms with E-state index in [1.165, 1.54) is 6.42 Å². The molecule has 1 spiro atoms. The van der Waals surface area contributed by atoms with Crippen LogP contribution in [0.3, 0.4) is 0 Å². The largest absolute Gasteiger partial charge is 0.343 e. The smallest absolute Gasteiger partial charge is 0.173 e. The van der Waals surface area contributed by atoms with Crippen LogP contribution in [0, 0.1) is 11.3 Å². The van der Waals surface area contributed by atoms with Crippen molar-refractivity contribution >= 4 is 0 Å². The van der Waals surface area contributed by atoms with E-state index in [9.17, 15) is 0 Å². The van der Waals surface area contributed by atoms with Gasteiger partial charge in [-0.25, -0.2) is 0 Å². The van der Waals surface area contributed by atoms with E-state index < -0.39 is 5.79 Å². The van der Waals surface area contributed by atoms with Crippen LogP contribution in [0.1, 0.15) is 39.0 Å². The Labute approximate surface area is 78.6 Å². The van der Waals surface area contributed by atoms with Gasteiger partial charge in [0.25, 0.3) is 0 Å². The monoisotopic (exact) mass is 181 g/mol. The van der Waals surface area contributed by atoms with Gasteiger partial charge in [-0.15, -0.1) is 0 Å². The van der Waals surface area contributed by atoms with Gasteiger partial charge in [-0.3, -0.25) is 0 Å². The minimum Gasteiger partial charge on any atom is -0.343 e. The van der Waals surface area contributed by atoms with Gasteiger partial charge in [-0.1, -0.05) is 6.42 Å². The molecule has 2 fully saturated rings. The van der Waals surface area contributed by atoms with Crippen molar-refractivity contribution in [2.75, 3.05) is 0 Å². The molecule has 72 valence electrons. The van der Waals surface area contributed by atoms with Crippen molar-refractivity contribution in [1.29, 1.82) is 5.26 Å². The lowest BCUT2D eigenvalue weighted by Gasteiger charge is -2.31. The summed E-state index contributed by atoms with van der Waals surface area (Å²) in [4.78, 5) is 0. The summed E-state index contributed by atoms with van der Waals surface area (Å²) in [7, 11) is 0. The molecule has 0 amide bonds. The molecule has 3 nitrogen and oxygen atoms in total. The van der Waals surface area contributed by atoms with E-state index in [2.05, 4.69) is 6.07 Å². The number of nitriles is 1. The van der Waals surface area contributed by atoms with Gasteiger partial charge < -0.3 is 9.47 Å². The Morgan fingerprint density at radius 1 is 1.23 bits per heavy atom. The van der Waals surface area contributed by atoms with Crippen LogP contribution in [0.25, 0.3) is 0 Å². The second-order valence-corrected chi connectivity index (χ2v) is 3.96. The van der Waals surface area contributed by atoms with E-state index >= 15 is 0 Å². The van der Waals surface area contributed by atoms with Crippen molar-refractivity contribution in [3.05, 3.63) is 0 Å². The second kappa shape index (κ2) is 3.28. The molecule has 13 heavy (non-hydrogen) atoms. The summed E-state index contributed by atoms with van der Waals surface area (Å²) in [5.74, 6) is -0.405. The van der Waals surface area contributed by atoms with Gasteiger partial charge >= 0.3 is 0 Å². The highest BCUT2D eigenvalue weighted by Crippen LogP contribution is 2.39. The van der Waals surface area contributed by atoms with E-state index in [0.717, 1.165) is 25.7 Å². The maximum absolute atomic E-state index is 8.80. The molecule has 2 aliphatic rings. The van der Waals surface area contributed by atoms with Crippen LogP contribution in [0.4, 0.5) is 0 Å². The van der Waals surface area contributed by atoms with E-state index in [4.69, 9.17) is 14.7 Å². The van der Waals surface area contributed by atoms with Crippen molar-refractivity contribution in [3.8, 4) is 6.07 Å². The van der Waals surface area contributed by atoms with Gasteiger partial charge in [-0.2, -0.15) is 5.26 Å². The molecule has 1 saturated heterocycles. The third-order valence-corrected chi connectivity index (χ3v) is 2.91. The Bertz CT molecular complexity index is 228. The summed E-state index contributed by atoms with van der Waals surface area (Å²) in [6, 6.07) is 2.14. The second-order valence-electron chi connectivity index (χ2n) is 3.96. The van der Waals surface area contributed by atoms with Crippen LogP contribution >= 0.6 is 0 Å². The molecule has 2 atom stereocenters. The first-order valence-corrected chi connectivity index (χ1v) is 5.01. The molecule has 0 radical (unpaired) electrons. The highest BCUT2D eigenvalue weighted by atomic mass is 16.8. The molecule has 0 unspecified atom stereocenters. The molecule has 0 aromatic rings. The quantitative estimate of drug-likeness (QED) is 0.573. The van der Waals surface area contributed by atoms with Gasteiger partial charge in [0.15, 0.2) is 11.9 Å². The topological polar surface area (TPSA) is 42.2 Å². The number of rotatable bonds is 0. The van der Waals surface area contributed by atoms with Crippen molar-refractivity contribution < 1.29 is 9.47 Å². The van der Waals surface area contributed by atoms with Gasteiger partial charge in [-0.05, 0) is 19.8 Å². The van der Waals surface area contributed by atoms with Crippen molar-refractivity contribution in [2.45, 2.75) is 57.0 Å². The third kappa shape index (κ3) is 1.56. The van der Waals surface area contributed by atoms with Crippen molar-refractivity contribution in [3.63, 3.8) is 0 Å². The molecule has 2 rings (SSSR count). The van der Waals surface area contributed by atoms with E-state index in [1.54, 1.807) is 0 Å². The SMILES string of the molecule is C[C@@H]1OC2(CCCCC2)O[C@H]1C#N. The maximum atomic E-state index is 8.80. The zero-order valence-electron chi connectivity index (χ0n) is 7.95. The lowest BCUT2D eigenvalue weighted by Crippen LogP contribution is -2.33. The summed E-state index contributed by atoms with van der Waals surface area (Å²) in [5, 5.41) is 8.80. The van der Waals surface area contributed by atoms with E-state index in [-0.39, 0.29) is 12.2 Å². The predicted octanol–water partition coefficient (Wildman–Crippen LogP) is 1.97. The van der Waals surface area contributed by atoms with Gasteiger partial charge in [0, 0.05) is 12.8 Å². The Hall–Kier alpha value is -0.590. The molecule has 0 aromatic heterocycles. The summed E-state index contributed by atoms with van der Waals surface area (Å²) in [6.45, 7) is 1.91. The van der Waals surface area contributed by atoms with Crippen LogP contribution in [0.2, 0.25) is 0 Å². The summed E-state index contributed by atoms with van der Waals surface area (Å²) in [5.41, 5.74) is 0. The Morgan fingerprint density at radius 2 is 1.92 bits per heavy atom. The molecule has 3 heteroatoms. The zero-order valence-corrected chi connectivity index (χ0v) is 7.95. The van der Waals surface area contributed by atoms with E-state index in [1.807, 2.05) is 6.92 Å². The first-order chi connectivity index (χ1) is 6.26. The molecule has 0 bridgehead atoms. The highest BCUT2D eigenvalue weighted by molar-refractivity contribution is 4.97. The Morgan fingerprint density at radius 3 is 2.46 bits per heavy atom. The average Bonchev–Trinajstić information content (AvgIpc) is 2.44. The van der Waals surface area contributed by atoms with E-state index in [0.29, 0.717) is 0 Å². The molecule has 0 N–H and O–H groups in total. The lowest BCUT2D eigenvalue weighted by atomic mass is 9.94. The van der Waals surface area contributed by atoms with Gasteiger partial charge in [0.2, 0.25) is 0 Å². The molecular formula is C10H15NO2. The van der Waals surface area contributed by atoms with Crippen LogP contribution < -0.4 is 0 Å². The van der Waals surface area contributed by atoms with Crippen molar-refractivity contribution in [1.82, 2.24) is 0 Å². The number of nitrogens with zero attached hydrogens (tertiary/aromatic N) is 1. The fourth-order valence-corrected chi connectivity index (χ4v) is 2.21. The first-order valence-electron chi connectivity index (χ1n) is 5.01. The van der Waals surface area contributed by atoms with Crippen LogP contribution in [0.5, 0.6) is 0 Å². The van der Waals surface area contributed by atoms with Crippen LogP contribution in [0.15, 0.2) is 0 Å². The van der Waals surface area contributed by atoms with Crippen LogP contribution in [-0.4, -0.2) is 18.0 Å². The number of ether oxygens (including phenoxy) is 2. The molecule has 1 aliphatic carbocycles. The molecule has 1 saturated carbocycles. The molecular weight excluding hydrogens is 166 g/mol. The predicted molar refractivity (Wildman–Crippen MR) is 46.8 cm³/mol.